The lowest BCUT2D eigenvalue weighted by Crippen LogP contribution is -2.70. The van der Waals surface area contributed by atoms with Crippen LogP contribution in [0.5, 0.6) is 0 Å². The number of ether oxygens (including phenoxy) is 7. The maximum Gasteiger partial charge on any atom is 0.334 e. The van der Waals surface area contributed by atoms with E-state index in [1.165, 1.54) is 0 Å². The van der Waals surface area contributed by atoms with Crippen LogP contribution in [0.1, 0.15) is 60.3 Å². The summed E-state index contributed by atoms with van der Waals surface area (Å²) in [5.41, 5.74) is -2.44. The fraction of sp³-hybridized carbons (Fsp3) is 0.848. The second-order valence-corrected chi connectivity index (χ2v) is 15.9. The summed E-state index contributed by atoms with van der Waals surface area (Å²) in [7, 11) is 0. The molecule has 2 saturated carbocycles. The molecule has 8 aliphatic rings. The minimum atomic E-state index is -1.60. The van der Waals surface area contributed by atoms with E-state index in [0.717, 1.165) is 11.1 Å². The molecule has 2 spiro atoms. The number of hydrogen-bond donors (Lipinski definition) is 4. The van der Waals surface area contributed by atoms with Crippen LogP contribution >= 0.6 is 0 Å². The van der Waals surface area contributed by atoms with E-state index >= 15 is 0 Å². The van der Waals surface area contributed by atoms with Crippen molar-refractivity contribution in [3.05, 3.63) is 11.1 Å². The van der Waals surface area contributed by atoms with Crippen LogP contribution in [-0.4, -0.2) is 130 Å². The molecule has 4 saturated heterocycles. The average Bonchev–Trinajstić information content (AvgIpc) is 3.93. The minimum Gasteiger partial charge on any atom is -0.462 e. The third kappa shape index (κ3) is 3.92. The fourth-order valence-electron chi connectivity index (χ4n) is 10.1. The zero-order chi connectivity index (χ0) is 33.6. The minimum absolute atomic E-state index is 0.0300. The monoisotopic (exact) mass is 664 g/mol. The molecule has 260 valence electrons. The smallest absolute Gasteiger partial charge is 0.334 e. The number of aliphatic hydroxyl groups excluding tert-OH is 4. The largest absolute Gasteiger partial charge is 0.462 e. The molecule has 14 nitrogen and oxygen atoms in total. The van der Waals surface area contributed by atoms with Gasteiger partial charge in [0.25, 0.3) is 0 Å². The second-order valence-electron chi connectivity index (χ2n) is 15.9. The first kappa shape index (κ1) is 32.1. The van der Waals surface area contributed by atoms with Gasteiger partial charge in [0.15, 0.2) is 11.7 Å². The lowest BCUT2D eigenvalue weighted by molar-refractivity contribution is -0.239. The molecule has 0 amide bonds. The molecule has 6 fully saturated rings. The molecule has 0 bridgehead atoms. The van der Waals surface area contributed by atoms with Gasteiger partial charge in [-0.05, 0) is 50.5 Å². The van der Waals surface area contributed by atoms with Gasteiger partial charge in [-0.2, -0.15) is 0 Å². The van der Waals surface area contributed by atoms with E-state index in [2.05, 4.69) is 6.92 Å². The van der Waals surface area contributed by atoms with E-state index in [4.69, 9.17) is 33.2 Å². The number of epoxide rings is 3. The topological polar surface area (TPSA) is 207 Å². The van der Waals surface area contributed by atoms with Crippen LogP contribution in [-0.2, 0) is 47.5 Å². The maximum atomic E-state index is 13.8. The quantitative estimate of drug-likeness (QED) is 0.146. The Morgan fingerprint density at radius 3 is 2.47 bits per heavy atom. The van der Waals surface area contributed by atoms with Gasteiger partial charge >= 0.3 is 17.9 Å². The van der Waals surface area contributed by atoms with Gasteiger partial charge < -0.3 is 53.6 Å². The summed E-state index contributed by atoms with van der Waals surface area (Å²) in [4.78, 5) is 39.5. The number of carbonyl (C=O) groups excluding carboxylic acids is 3. The van der Waals surface area contributed by atoms with Crippen molar-refractivity contribution in [3.8, 4) is 0 Å². The highest BCUT2D eigenvalue weighted by molar-refractivity contribution is 5.92. The van der Waals surface area contributed by atoms with E-state index < -0.39 is 89.4 Å². The summed E-state index contributed by atoms with van der Waals surface area (Å²) in [5.74, 6) is -1.64. The standard InChI is InChI=1S/C33H44O14/c1-13(2)31-24(46-31)25-33(47-25)30(5)7-6-14-15(11-41-26(14)39)16(30)8-19-32(33,45-19)27(31)44-20(35)9-29(3,4)28(40)42-12-18-22(37)23(38)21(36)17(10-34)43-18/h13,16-19,21-25,27,34,36-38H,6-12H2,1-5H3/t16-,17?,18+,19-,21+,22?,23?,24-,25-,27+,30-,31-,32+,33+/m0/s1. The van der Waals surface area contributed by atoms with E-state index in [9.17, 15) is 34.8 Å². The third-order valence-electron chi connectivity index (χ3n) is 12.8. The van der Waals surface area contributed by atoms with Crippen molar-refractivity contribution >= 4 is 17.9 Å². The van der Waals surface area contributed by atoms with Gasteiger partial charge in [-0.3, -0.25) is 9.59 Å². The van der Waals surface area contributed by atoms with Crippen molar-refractivity contribution < 1.29 is 68.0 Å². The Morgan fingerprint density at radius 1 is 1.04 bits per heavy atom. The molecular formula is C33H44O14. The van der Waals surface area contributed by atoms with E-state index in [1.807, 2.05) is 13.8 Å². The molecule has 8 rings (SSSR count). The first-order valence-electron chi connectivity index (χ1n) is 16.7. The number of rotatable bonds is 8. The van der Waals surface area contributed by atoms with E-state index in [-0.39, 0.29) is 49.1 Å². The van der Waals surface area contributed by atoms with Gasteiger partial charge in [-0.1, -0.05) is 20.8 Å². The summed E-state index contributed by atoms with van der Waals surface area (Å²) in [6, 6.07) is 0. The highest BCUT2D eigenvalue weighted by Gasteiger charge is 3.01. The van der Waals surface area contributed by atoms with Crippen LogP contribution in [0.2, 0.25) is 0 Å². The molecular weight excluding hydrogens is 620 g/mol. The normalized spacial score (nSPS) is 50.2. The lowest BCUT2D eigenvalue weighted by atomic mass is 9.46. The SMILES string of the molecule is CC(C)[C@]12O[C@H]1[C@@H]1O[C@]13[C@]1(O[C@H]1C[C@H]1C4=C(CC[C@@]13C)C(=O)OC4)[C@@H]2OC(=O)CC(C)(C)C(=O)OC[C@H]1OC(CO)[C@@H](O)C(O)C1O. The first-order chi connectivity index (χ1) is 22.1. The average molecular weight is 665 g/mol. The van der Waals surface area contributed by atoms with Gasteiger partial charge in [0.2, 0.25) is 0 Å². The number of carbonyl (C=O) groups is 3. The molecule has 3 unspecified atom stereocenters. The molecule has 5 aliphatic heterocycles. The molecule has 47 heavy (non-hydrogen) atoms. The Labute approximate surface area is 271 Å². The van der Waals surface area contributed by atoms with Crippen LogP contribution in [0.25, 0.3) is 0 Å². The number of cyclic esters (lactones) is 1. The zero-order valence-electron chi connectivity index (χ0n) is 27.2. The van der Waals surface area contributed by atoms with Crippen LogP contribution in [0.15, 0.2) is 11.1 Å². The second kappa shape index (κ2) is 9.96. The Balaban J connectivity index is 1.00. The maximum absolute atomic E-state index is 13.8. The van der Waals surface area contributed by atoms with Crippen LogP contribution in [0.4, 0.5) is 0 Å². The summed E-state index contributed by atoms with van der Waals surface area (Å²) in [5, 5.41) is 39.8. The molecule has 0 aromatic rings. The highest BCUT2D eigenvalue weighted by Crippen LogP contribution is 2.83. The van der Waals surface area contributed by atoms with Crippen molar-refractivity contribution in [1.29, 1.82) is 0 Å². The van der Waals surface area contributed by atoms with Gasteiger partial charge in [0.1, 0.15) is 67.1 Å². The number of hydrogen-bond acceptors (Lipinski definition) is 14. The molecule has 0 aromatic carbocycles. The summed E-state index contributed by atoms with van der Waals surface area (Å²) < 4.78 is 42.5. The molecule has 14 heteroatoms. The van der Waals surface area contributed by atoms with E-state index in [0.29, 0.717) is 19.3 Å². The molecule has 5 heterocycles. The van der Waals surface area contributed by atoms with Crippen molar-refractivity contribution in [3.63, 3.8) is 0 Å². The van der Waals surface area contributed by atoms with Crippen molar-refractivity contribution in [2.24, 2.45) is 22.7 Å². The van der Waals surface area contributed by atoms with Gasteiger partial charge in [-0.15, -0.1) is 0 Å². The van der Waals surface area contributed by atoms with Crippen LogP contribution in [0.3, 0.4) is 0 Å². The van der Waals surface area contributed by atoms with E-state index in [1.54, 1.807) is 13.8 Å². The molecule has 4 N–H and O–H groups in total. The predicted octanol–water partition coefficient (Wildman–Crippen LogP) is -0.544. The Morgan fingerprint density at radius 2 is 1.77 bits per heavy atom. The van der Waals surface area contributed by atoms with Gasteiger partial charge in [0, 0.05) is 11.0 Å². The number of aliphatic hydroxyl groups is 4. The fourth-order valence-corrected chi connectivity index (χ4v) is 10.1. The van der Waals surface area contributed by atoms with Crippen LogP contribution in [0, 0.1) is 22.7 Å². The zero-order valence-corrected chi connectivity index (χ0v) is 27.2. The molecule has 0 radical (unpaired) electrons. The Hall–Kier alpha value is -2.17. The molecule has 14 atom stereocenters. The molecule has 0 aromatic heterocycles. The number of esters is 3. The van der Waals surface area contributed by atoms with Gasteiger partial charge in [-0.25, -0.2) is 4.79 Å². The Kier molecular flexibility index (Phi) is 6.80. The lowest BCUT2D eigenvalue weighted by Gasteiger charge is -2.53. The molecule has 3 aliphatic carbocycles. The summed E-state index contributed by atoms with van der Waals surface area (Å²) in [6.07, 6.45) is -7.00. The summed E-state index contributed by atoms with van der Waals surface area (Å²) >= 11 is 0. The van der Waals surface area contributed by atoms with Crippen molar-refractivity contribution in [2.45, 2.75) is 132 Å². The third-order valence-corrected chi connectivity index (χ3v) is 12.8. The van der Waals surface area contributed by atoms with Crippen LogP contribution < -0.4 is 0 Å². The highest BCUT2D eigenvalue weighted by atomic mass is 16.8. The summed E-state index contributed by atoms with van der Waals surface area (Å²) in [6.45, 7) is 8.53. The number of fused-ring (bicyclic) bond motifs is 4. The van der Waals surface area contributed by atoms with Crippen molar-refractivity contribution in [1.82, 2.24) is 0 Å². The predicted molar refractivity (Wildman–Crippen MR) is 154 cm³/mol. The van der Waals surface area contributed by atoms with Gasteiger partial charge in [0.05, 0.1) is 24.5 Å². The Bertz CT molecular complexity index is 1440. The van der Waals surface area contributed by atoms with Crippen molar-refractivity contribution in [2.75, 3.05) is 19.8 Å². The first-order valence-corrected chi connectivity index (χ1v) is 16.7.